The minimum atomic E-state index is -0.00716. The van der Waals surface area contributed by atoms with Crippen molar-refractivity contribution in [3.05, 3.63) is 59.2 Å². The first-order valence-corrected chi connectivity index (χ1v) is 8.20. The summed E-state index contributed by atoms with van der Waals surface area (Å²) in [7, 11) is 1.92. The van der Waals surface area contributed by atoms with Gasteiger partial charge in [-0.3, -0.25) is 9.69 Å². The number of aryl methyl sites for hydroxylation is 3. The van der Waals surface area contributed by atoms with E-state index in [9.17, 15) is 4.79 Å². The first-order chi connectivity index (χ1) is 11.5. The van der Waals surface area contributed by atoms with Gasteiger partial charge in [-0.1, -0.05) is 35.9 Å². The van der Waals surface area contributed by atoms with Crippen molar-refractivity contribution in [3.63, 3.8) is 0 Å². The number of nitrogens with one attached hydrogen (secondary N) is 1. The molecule has 0 atom stereocenters. The molecule has 0 bridgehead atoms. The Kier molecular flexibility index (Phi) is 6.38. The topological polar surface area (TPSA) is 41.6 Å². The van der Waals surface area contributed by atoms with Crippen molar-refractivity contribution < 1.29 is 9.53 Å². The minimum absolute atomic E-state index is 0.00716. The van der Waals surface area contributed by atoms with E-state index in [1.807, 2.05) is 56.1 Å². The quantitative estimate of drug-likeness (QED) is 0.846. The fourth-order valence-electron chi connectivity index (χ4n) is 2.72. The maximum Gasteiger partial charge on any atom is 0.238 e. The molecule has 24 heavy (non-hydrogen) atoms. The Balaban J connectivity index is 1.79. The van der Waals surface area contributed by atoms with Crippen LogP contribution in [0.5, 0.6) is 5.75 Å². The summed E-state index contributed by atoms with van der Waals surface area (Å²) < 4.78 is 5.65. The molecule has 2 aromatic carbocycles. The zero-order chi connectivity index (χ0) is 17.5. The molecular weight excluding hydrogens is 300 g/mol. The van der Waals surface area contributed by atoms with E-state index >= 15 is 0 Å². The zero-order valence-electron chi connectivity index (χ0n) is 14.9. The van der Waals surface area contributed by atoms with Gasteiger partial charge in [-0.25, -0.2) is 0 Å². The van der Waals surface area contributed by atoms with Crippen LogP contribution >= 0.6 is 0 Å². The predicted octanol–water partition coefficient (Wildman–Crippen LogP) is 3.56. The number of hydrogen-bond acceptors (Lipinski definition) is 3. The lowest BCUT2D eigenvalue weighted by atomic mass is 10.1. The highest BCUT2D eigenvalue weighted by Crippen LogP contribution is 2.21. The molecule has 2 rings (SSSR count). The molecule has 128 valence electrons. The first-order valence-electron chi connectivity index (χ1n) is 8.20. The molecule has 0 saturated heterocycles. The molecule has 0 fully saturated rings. The number of amides is 1. The van der Waals surface area contributed by atoms with Gasteiger partial charge >= 0.3 is 0 Å². The summed E-state index contributed by atoms with van der Waals surface area (Å²) in [5.74, 6) is 0.841. The van der Waals surface area contributed by atoms with Crippen LogP contribution in [0, 0.1) is 20.8 Å². The molecule has 0 radical (unpaired) electrons. The summed E-state index contributed by atoms with van der Waals surface area (Å²) in [4.78, 5) is 14.2. The van der Waals surface area contributed by atoms with Crippen LogP contribution in [0.2, 0.25) is 0 Å². The molecule has 0 spiro atoms. The molecule has 0 saturated carbocycles. The highest BCUT2D eigenvalue weighted by atomic mass is 16.5. The van der Waals surface area contributed by atoms with Crippen LogP contribution in [0.1, 0.15) is 16.7 Å². The average molecular weight is 326 g/mol. The fourth-order valence-corrected chi connectivity index (χ4v) is 2.72. The lowest BCUT2D eigenvalue weighted by Crippen LogP contribution is -2.33. The molecule has 1 N–H and O–H groups in total. The van der Waals surface area contributed by atoms with Crippen LogP contribution in [0.15, 0.2) is 42.5 Å². The van der Waals surface area contributed by atoms with Gasteiger partial charge in [0.15, 0.2) is 0 Å². The zero-order valence-corrected chi connectivity index (χ0v) is 14.9. The van der Waals surface area contributed by atoms with E-state index < -0.39 is 0 Å². The maximum atomic E-state index is 12.3. The second-order valence-corrected chi connectivity index (χ2v) is 6.22. The number of benzene rings is 2. The summed E-state index contributed by atoms with van der Waals surface area (Å²) in [6.45, 7) is 7.68. The number of nitrogens with zero attached hydrogens (tertiary/aromatic N) is 1. The van der Waals surface area contributed by atoms with Crippen LogP contribution in [0.3, 0.4) is 0 Å². The summed E-state index contributed by atoms with van der Waals surface area (Å²) >= 11 is 0. The Morgan fingerprint density at radius 2 is 1.71 bits per heavy atom. The van der Waals surface area contributed by atoms with Crippen LogP contribution in [0.4, 0.5) is 5.69 Å². The van der Waals surface area contributed by atoms with Gasteiger partial charge in [0.25, 0.3) is 0 Å². The van der Waals surface area contributed by atoms with Crippen molar-refractivity contribution in [1.82, 2.24) is 4.90 Å². The number of likely N-dealkylation sites (N-methyl/N-ethyl adjacent to an activating group) is 1. The molecule has 4 nitrogen and oxygen atoms in total. The third-order valence-corrected chi connectivity index (χ3v) is 3.84. The normalized spacial score (nSPS) is 10.7. The monoisotopic (exact) mass is 326 g/mol. The molecule has 0 heterocycles. The Labute approximate surface area is 144 Å². The van der Waals surface area contributed by atoms with E-state index in [1.165, 1.54) is 5.56 Å². The lowest BCUT2D eigenvalue weighted by Gasteiger charge is -2.18. The summed E-state index contributed by atoms with van der Waals surface area (Å²) in [5, 5.41) is 3.02. The van der Waals surface area contributed by atoms with Crippen molar-refractivity contribution in [2.45, 2.75) is 20.8 Å². The standard InChI is InChI=1S/C20H26N2O2/c1-15-12-16(2)20(17(3)13-15)21-19(23)14-22(4)10-11-24-18-8-6-5-7-9-18/h5-9,12-13H,10-11,14H2,1-4H3,(H,21,23). The van der Waals surface area contributed by atoms with Gasteiger partial charge in [0.05, 0.1) is 6.54 Å². The van der Waals surface area contributed by atoms with E-state index in [-0.39, 0.29) is 5.91 Å². The van der Waals surface area contributed by atoms with Crippen molar-refractivity contribution in [2.24, 2.45) is 0 Å². The molecule has 0 unspecified atom stereocenters. The highest BCUT2D eigenvalue weighted by Gasteiger charge is 2.10. The van der Waals surface area contributed by atoms with E-state index in [0.29, 0.717) is 19.7 Å². The molecule has 1 amide bonds. The molecule has 0 aliphatic heterocycles. The molecule has 2 aromatic rings. The Morgan fingerprint density at radius 3 is 2.33 bits per heavy atom. The fraction of sp³-hybridized carbons (Fsp3) is 0.350. The van der Waals surface area contributed by atoms with Gasteiger partial charge in [0.1, 0.15) is 12.4 Å². The number of carbonyl (C=O) groups is 1. The largest absolute Gasteiger partial charge is 0.492 e. The van der Waals surface area contributed by atoms with E-state index in [1.54, 1.807) is 0 Å². The minimum Gasteiger partial charge on any atom is -0.492 e. The van der Waals surface area contributed by atoms with Crippen LogP contribution in [-0.2, 0) is 4.79 Å². The lowest BCUT2D eigenvalue weighted by molar-refractivity contribution is -0.117. The number of para-hydroxylation sites is 1. The third kappa shape index (κ3) is 5.39. The Bertz CT molecular complexity index is 660. The smallest absolute Gasteiger partial charge is 0.238 e. The van der Waals surface area contributed by atoms with Crippen molar-refractivity contribution in [2.75, 3.05) is 32.1 Å². The van der Waals surface area contributed by atoms with E-state index in [4.69, 9.17) is 4.74 Å². The van der Waals surface area contributed by atoms with Gasteiger partial charge < -0.3 is 10.1 Å². The highest BCUT2D eigenvalue weighted by molar-refractivity contribution is 5.93. The number of ether oxygens (including phenoxy) is 1. The molecule has 0 aliphatic carbocycles. The van der Waals surface area contributed by atoms with Gasteiger partial charge in [-0.05, 0) is 51.1 Å². The van der Waals surface area contributed by atoms with Gasteiger partial charge in [-0.15, -0.1) is 0 Å². The Hall–Kier alpha value is -2.33. The van der Waals surface area contributed by atoms with Crippen LogP contribution in [0.25, 0.3) is 0 Å². The summed E-state index contributed by atoms with van der Waals surface area (Å²) in [5.41, 5.74) is 4.31. The maximum absolute atomic E-state index is 12.3. The van der Waals surface area contributed by atoms with Crippen LogP contribution < -0.4 is 10.1 Å². The number of rotatable bonds is 7. The molecule has 0 aliphatic rings. The first kappa shape index (κ1) is 18.0. The second kappa shape index (κ2) is 8.50. The van der Waals surface area contributed by atoms with Gasteiger partial charge in [0.2, 0.25) is 5.91 Å². The van der Waals surface area contributed by atoms with Crippen molar-refractivity contribution in [3.8, 4) is 5.75 Å². The number of anilines is 1. The average Bonchev–Trinajstić information content (AvgIpc) is 2.52. The summed E-state index contributed by atoms with van der Waals surface area (Å²) in [6, 6.07) is 13.9. The third-order valence-electron chi connectivity index (χ3n) is 3.84. The Morgan fingerprint density at radius 1 is 1.08 bits per heavy atom. The number of carbonyl (C=O) groups excluding carboxylic acids is 1. The van der Waals surface area contributed by atoms with Gasteiger partial charge in [0, 0.05) is 12.2 Å². The number of hydrogen-bond donors (Lipinski definition) is 1. The molecular formula is C20H26N2O2. The summed E-state index contributed by atoms with van der Waals surface area (Å²) in [6.07, 6.45) is 0. The van der Waals surface area contributed by atoms with Crippen molar-refractivity contribution >= 4 is 11.6 Å². The SMILES string of the molecule is Cc1cc(C)c(NC(=O)CN(C)CCOc2ccccc2)c(C)c1. The van der Waals surface area contributed by atoms with E-state index in [2.05, 4.69) is 24.4 Å². The van der Waals surface area contributed by atoms with Crippen molar-refractivity contribution in [1.29, 1.82) is 0 Å². The van der Waals surface area contributed by atoms with Gasteiger partial charge in [-0.2, -0.15) is 0 Å². The predicted molar refractivity (Wildman–Crippen MR) is 98.7 cm³/mol. The molecule has 0 aromatic heterocycles. The second-order valence-electron chi connectivity index (χ2n) is 6.22. The molecule has 4 heteroatoms. The van der Waals surface area contributed by atoms with E-state index in [0.717, 1.165) is 22.6 Å². The van der Waals surface area contributed by atoms with Crippen LogP contribution in [-0.4, -0.2) is 37.6 Å².